The number of aromatic nitrogens is 3. The van der Waals surface area contributed by atoms with Gasteiger partial charge in [-0.25, -0.2) is 15.0 Å². The molecule has 0 aliphatic heterocycles. The van der Waals surface area contributed by atoms with Crippen molar-refractivity contribution in [2.24, 2.45) is 0 Å². The van der Waals surface area contributed by atoms with Crippen molar-refractivity contribution in [1.82, 2.24) is 15.0 Å². The molecule has 2 aromatic heterocycles. The van der Waals surface area contributed by atoms with E-state index in [1.165, 1.54) is 7.11 Å². The van der Waals surface area contributed by atoms with Crippen LogP contribution in [0, 0.1) is 5.41 Å². The lowest BCUT2D eigenvalue weighted by atomic mass is 10.1. The third-order valence-electron chi connectivity index (χ3n) is 4.38. The molecule has 3 N–H and O–H groups in total. The van der Waals surface area contributed by atoms with E-state index in [0.29, 0.717) is 40.7 Å². The lowest BCUT2D eigenvalue weighted by Crippen LogP contribution is -2.14. The lowest BCUT2D eigenvalue weighted by Gasteiger charge is -2.09. The summed E-state index contributed by atoms with van der Waals surface area (Å²) in [4.78, 5) is 13.5. The average Bonchev–Trinajstić information content (AvgIpc) is 2.74. The Kier molecular flexibility index (Phi) is 5.03. The standard InChI is InChI=1S/C22H19N5O2/c1-29-19-12-15(7-10-18(19)28)16-8-9-17-22(25-16)27-21(13-24-17)26-20(23)11-14-5-3-2-4-6-14/h2-10,12-13,28H,11H2,1H3,(H2,23,25,26,27). The summed E-state index contributed by atoms with van der Waals surface area (Å²) < 4.78 is 5.17. The summed E-state index contributed by atoms with van der Waals surface area (Å²) >= 11 is 0. The highest BCUT2D eigenvalue weighted by molar-refractivity contribution is 5.94. The molecule has 0 atom stereocenters. The number of anilines is 1. The van der Waals surface area contributed by atoms with Crippen molar-refractivity contribution in [3.05, 3.63) is 72.4 Å². The molecule has 0 unspecified atom stereocenters. The van der Waals surface area contributed by atoms with Gasteiger partial charge in [0.05, 0.1) is 19.0 Å². The van der Waals surface area contributed by atoms with Gasteiger partial charge in [-0.15, -0.1) is 0 Å². The molecule has 29 heavy (non-hydrogen) atoms. The molecular formula is C22H19N5O2. The molecule has 0 bridgehead atoms. The van der Waals surface area contributed by atoms with E-state index in [9.17, 15) is 5.11 Å². The van der Waals surface area contributed by atoms with E-state index in [-0.39, 0.29) is 5.75 Å². The van der Waals surface area contributed by atoms with Gasteiger partial charge >= 0.3 is 0 Å². The van der Waals surface area contributed by atoms with Gasteiger partial charge < -0.3 is 15.2 Å². The first kappa shape index (κ1) is 18.4. The van der Waals surface area contributed by atoms with Gasteiger partial charge in [0.15, 0.2) is 23.0 Å². The molecule has 7 nitrogen and oxygen atoms in total. The first-order valence-corrected chi connectivity index (χ1v) is 9.02. The Morgan fingerprint density at radius 1 is 1.07 bits per heavy atom. The van der Waals surface area contributed by atoms with Crippen LogP contribution in [0.1, 0.15) is 5.56 Å². The number of hydrogen-bond donors (Lipinski definition) is 3. The van der Waals surface area contributed by atoms with Crippen molar-refractivity contribution >= 4 is 22.8 Å². The van der Waals surface area contributed by atoms with E-state index >= 15 is 0 Å². The topological polar surface area (TPSA) is 104 Å². The van der Waals surface area contributed by atoms with Crippen LogP contribution in [0.15, 0.2) is 66.9 Å². The Balaban J connectivity index is 1.59. The number of phenols is 1. The molecule has 4 aromatic rings. The van der Waals surface area contributed by atoms with Gasteiger partial charge in [-0.05, 0) is 35.9 Å². The molecule has 2 heterocycles. The predicted octanol–water partition coefficient (Wildman–Crippen LogP) is 4.04. The smallest absolute Gasteiger partial charge is 0.180 e. The molecule has 144 valence electrons. The summed E-state index contributed by atoms with van der Waals surface area (Å²) in [6.45, 7) is 0. The normalized spacial score (nSPS) is 10.7. The Morgan fingerprint density at radius 3 is 2.69 bits per heavy atom. The highest BCUT2D eigenvalue weighted by Gasteiger charge is 2.09. The van der Waals surface area contributed by atoms with Gasteiger partial charge in [0.25, 0.3) is 0 Å². The number of hydrogen-bond acceptors (Lipinski definition) is 6. The van der Waals surface area contributed by atoms with Crippen molar-refractivity contribution in [1.29, 1.82) is 5.41 Å². The number of pyridine rings is 1. The molecule has 0 aliphatic carbocycles. The number of aromatic hydroxyl groups is 1. The molecule has 0 fully saturated rings. The second-order valence-electron chi connectivity index (χ2n) is 6.45. The van der Waals surface area contributed by atoms with E-state index in [4.69, 9.17) is 10.1 Å². The van der Waals surface area contributed by atoms with Gasteiger partial charge in [0, 0.05) is 12.0 Å². The number of nitrogens with zero attached hydrogens (tertiary/aromatic N) is 3. The van der Waals surface area contributed by atoms with Crippen LogP contribution in [0.4, 0.5) is 5.82 Å². The second-order valence-corrected chi connectivity index (χ2v) is 6.45. The highest BCUT2D eigenvalue weighted by Crippen LogP contribution is 2.31. The number of methoxy groups -OCH3 is 1. The quantitative estimate of drug-likeness (QED) is 0.354. The van der Waals surface area contributed by atoms with E-state index in [2.05, 4.69) is 20.3 Å². The molecule has 0 aliphatic rings. The number of benzene rings is 2. The SMILES string of the molecule is COc1cc(-c2ccc3ncc(NC(=N)Cc4ccccc4)nc3n2)ccc1O. The number of ether oxygens (including phenoxy) is 1. The summed E-state index contributed by atoms with van der Waals surface area (Å²) in [5.74, 6) is 1.23. The van der Waals surface area contributed by atoms with E-state index in [1.807, 2.05) is 42.5 Å². The molecule has 0 amide bonds. The number of amidine groups is 1. The summed E-state index contributed by atoms with van der Waals surface area (Å²) in [7, 11) is 1.50. The van der Waals surface area contributed by atoms with Crippen LogP contribution in [-0.4, -0.2) is 33.0 Å². The minimum atomic E-state index is 0.0697. The molecule has 0 saturated heterocycles. The second kappa shape index (κ2) is 7.93. The summed E-state index contributed by atoms with van der Waals surface area (Å²) in [5, 5.41) is 20.9. The Morgan fingerprint density at radius 2 is 1.90 bits per heavy atom. The zero-order valence-electron chi connectivity index (χ0n) is 15.8. The molecule has 2 aromatic carbocycles. The van der Waals surface area contributed by atoms with Crippen LogP contribution in [0.3, 0.4) is 0 Å². The fourth-order valence-electron chi connectivity index (χ4n) is 2.95. The van der Waals surface area contributed by atoms with Crippen molar-refractivity contribution < 1.29 is 9.84 Å². The Bertz CT molecular complexity index is 1180. The lowest BCUT2D eigenvalue weighted by molar-refractivity contribution is 0.373. The molecule has 7 heteroatoms. The summed E-state index contributed by atoms with van der Waals surface area (Å²) in [6, 6.07) is 18.5. The molecule has 0 spiro atoms. The maximum atomic E-state index is 9.78. The Hall–Kier alpha value is -4.00. The van der Waals surface area contributed by atoms with Crippen LogP contribution in [-0.2, 0) is 6.42 Å². The molecular weight excluding hydrogens is 366 g/mol. The molecule has 0 radical (unpaired) electrons. The largest absolute Gasteiger partial charge is 0.504 e. The minimum Gasteiger partial charge on any atom is -0.504 e. The fourth-order valence-corrected chi connectivity index (χ4v) is 2.95. The van der Waals surface area contributed by atoms with Crippen molar-refractivity contribution in [2.45, 2.75) is 6.42 Å². The van der Waals surface area contributed by atoms with E-state index < -0.39 is 0 Å². The van der Waals surface area contributed by atoms with Crippen LogP contribution in [0.2, 0.25) is 0 Å². The average molecular weight is 385 g/mol. The number of nitrogens with one attached hydrogen (secondary N) is 2. The van der Waals surface area contributed by atoms with Crippen LogP contribution in [0.25, 0.3) is 22.4 Å². The van der Waals surface area contributed by atoms with Gasteiger partial charge in [0.1, 0.15) is 11.4 Å². The fraction of sp³-hybridized carbons (Fsp3) is 0.0909. The maximum Gasteiger partial charge on any atom is 0.180 e. The van der Waals surface area contributed by atoms with Crippen LogP contribution < -0.4 is 10.1 Å². The first-order chi connectivity index (χ1) is 14.1. The van der Waals surface area contributed by atoms with Gasteiger partial charge in [-0.2, -0.15) is 0 Å². The van der Waals surface area contributed by atoms with Crippen molar-refractivity contribution in [3.63, 3.8) is 0 Å². The minimum absolute atomic E-state index is 0.0697. The Labute approximate surface area is 167 Å². The number of phenolic OH excluding ortho intramolecular Hbond substituents is 1. The van der Waals surface area contributed by atoms with E-state index in [1.54, 1.807) is 24.4 Å². The first-order valence-electron chi connectivity index (χ1n) is 9.02. The van der Waals surface area contributed by atoms with Gasteiger partial charge in [0.2, 0.25) is 0 Å². The number of fused-ring (bicyclic) bond motifs is 1. The van der Waals surface area contributed by atoms with Gasteiger partial charge in [-0.1, -0.05) is 30.3 Å². The number of rotatable bonds is 5. The third-order valence-corrected chi connectivity index (χ3v) is 4.38. The highest BCUT2D eigenvalue weighted by atomic mass is 16.5. The summed E-state index contributed by atoms with van der Waals surface area (Å²) in [6.07, 6.45) is 2.06. The van der Waals surface area contributed by atoms with Crippen LogP contribution in [0.5, 0.6) is 11.5 Å². The zero-order valence-corrected chi connectivity index (χ0v) is 15.8. The van der Waals surface area contributed by atoms with Gasteiger partial charge in [-0.3, -0.25) is 5.41 Å². The zero-order chi connectivity index (χ0) is 20.2. The van der Waals surface area contributed by atoms with E-state index in [0.717, 1.165) is 11.1 Å². The van der Waals surface area contributed by atoms with Crippen LogP contribution >= 0.6 is 0 Å². The summed E-state index contributed by atoms with van der Waals surface area (Å²) in [5.41, 5.74) is 3.63. The predicted molar refractivity (Wildman–Crippen MR) is 112 cm³/mol. The van der Waals surface area contributed by atoms with Crippen molar-refractivity contribution in [3.8, 4) is 22.8 Å². The molecule has 0 saturated carbocycles. The van der Waals surface area contributed by atoms with Crippen molar-refractivity contribution in [2.75, 3.05) is 12.4 Å². The monoisotopic (exact) mass is 385 g/mol. The third kappa shape index (κ3) is 4.14. The maximum absolute atomic E-state index is 9.78. The molecule has 4 rings (SSSR count).